The number of aliphatic carboxylic acids is 1. The van der Waals surface area contributed by atoms with Crippen molar-refractivity contribution >= 4 is 28.9 Å². The van der Waals surface area contributed by atoms with Crippen LogP contribution in [0.2, 0.25) is 5.02 Å². The molecule has 17 heavy (non-hydrogen) atoms. The van der Waals surface area contributed by atoms with Crippen LogP contribution in [0, 0.1) is 0 Å². The first kappa shape index (κ1) is 13.6. The maximum Gasteiger partial charge on any atom is 0.326 e. The van der Waals surface area contributed by atoms with Gasteiger partial charge in [-0.25, -0.2) is 4.79 Å². The number of nitrogens with one attached hydrogen (secondary N) is 1. The lowest BCUT2D eigenvalue weighted by Gasteiger charge is -2.17. The minimum atomic E-state index is -0.861. The third-order valence-electron chi connectivity index (χ3n) is 2.48. The second-order valence-electron chi connectivity index (χ2n) is 4.00. The molecule has 0 saturated carbocycles. The molecule has 0 heterocycles. The average molecular weight is 257 g/mol. The number of nitrogens with zero attached hydrogens (tertiary/aromatic N) is 1. The van der Waals surface area contributed by atoms with Gasteiger partial charge in [-0.15, -0.1) is 0 Å². The first-order chi connectivity index (χ1) is 7.95. The summed E-state index contributed by atoms with van der Waals surface area (Å²) in [5.41, 5.74) is 1.62. The highest BCUT2D eigenvalue weighted by Gasteiger charge is 2.14. The third-order valence-corrected chi connectivity index (χ3v) is 2.78. The number of rotatable bonds is 5. The second-order valence-corrected chi connectivity index (χ2v) is 4.41. The molecule has 1 unspecified atom stereocenters. The minimum absolute atomic E-state index is 0.516. The summed E-state index contributed by atoms with van der Waals surface area (Å²) in [7, 11) is 3.81. The molecule has 0 radical (unpaired) electrons. The molecule has 4 nitrogen and oxygen atoms in total. The smallest absolute Gasteiger partial charge is 0.326 e. The molecule has 94 valence electrons. The summed E-state index contributed by atoms with van der Waals surface area (Å²) in [4.78, 5) is 12.8. The van der Waals surface area contributed by atoms with Crippen LogP contribution < -0.4 is 10.2 Å². The van der Waals surface area contributed by atoms with Gasteiger partial charge in [0.05, 0.1) is 10.7 Å². The zero-order valence-corrected chi connectivity index (χ0v) is 11.0. The lowest BCUT2D eigenvalue weighted by atomic mass is 10.2. The molecular formula is C12H17ClN2O2. The Kier molecular flexibility index (Phi) is 4.63. The molecule has 1 aromatic rings. The van der Waals surface area contributed by atoms with Crippen molar-refractivity contribution in [3.63, 3.8) is 0 Å². The van der Waals surface area contributed by atoms with Crippen molar-refractivity contribution < 1.29 is 9.90 Å². The largest absolute Gasteiger partial charge is 0.480 e. The molecule has 0 aliphatic carbocycles. The van der Waals surface area contributed by atoms with Gasteiger partial charge < -0.3 is 15.3 Å². The number of halogens is 1. The maximum absolute atomic E-state index is 10.9. The van der Waals surface area contributed by atoms with Gasteiger partial charge in [0.15, 0.2) is 0 Å². The van der Waals surface area contributed by atoms with Gasteiger partial charge in [-0.05, 0) is 24.6 Å². The number of anilines is 2. The number of benzene rings is 1. The number of carboxylic acids is 1. The standard InChI is InChI=1S/C12H17ClN2O2/c1-4-10(12(16)17)14-8-5-6-11(15(2)3)9(13)7-8/h5-7,10,14H,4H2,1-3H3,(H,16,17). The summed E-state index contributed by atoms with van der Waals surface area (Å²) >= 11 is 6.10. The molecule has 0 saturated heterocycles. The Morgan fingerprint density at radius 3 is 2.59 bits per heavy atom. The van der Waals surface area contributed by atoms with Crippen molar-refractivity contribution in [3.8, 4) is 0 Å². The van der Waals surface area contributed by atoms with Crippen LogP contribution in [0.4, 0.5) is 11.4 Å². The van der Waals surface area contributed by atoms with Crippen LogP contribution in [-0.4, -0.2) is 31.2 Å². The molecule has 1 rings (SSSR count). The lowest BCUT2D eigenvalue weighted by Crippen LogP contribution is -2.28. The van der Waals surface area contributed by atoms with Gasteiger partial charge in [0.2, 0.25) is 0 Å². The van der Waals surface area contributed by atoms with Gasteiger partial charge in [0, 0.05) is 19.8 Å². The monoisotopic (exact) mass is 256 g/mol. The molecule has 1 atom stereocenters. The molecule has 2 N–H and O–H groups in total. The fourth-order valence-electron chi connectivity index (χ4n) is 1.50. The molecule has 0 amide bonds. The fraction of sp³-hybridized carbons (Fsp3) is 0.417. The van der Waals surface area contributed by atoms with Crippen LogP contribution in [-0.2, 0) is 4.79 Å². The molecule has 0 spiro atoms. The SMILES string of the molecule is CCC(Nc1ccc(N(C)C)c(Cl)c1)C(=O)O. The van der Waals surface area contributed by atoms with E-state index in [2.05, 4.69) is 5.32 Å². The highest BCUT2D eigenvalue weighted by atomic mass is 35.5. The Balaban J connectivity index is 2.87. The van der Waals surface area contributed by atoms with E-state index >= 15 is 0 Å². The highest BCUT2D eigenvalue weighted by Crippen LogP contribution is 2.27. The Morgan fingerprint density at radius 1 is 1.53 bits per heavy atom. The number of carboxylic acid groups (broad SMARTS) is 1. The van der Waals surface area contributed by atoms with Crippen LogP contribution in [0.5, 0.6) is 0 Å². The van der Waals surface area contributed by atoms with Crippen LogP contribution in [0.1, 0.15) is 13.3 Å². The molecule has 1 aromatic carbocycles. The van der Waals surface area contributed by atoms with E-state index in [4.69, 9.17) is 16.7 Å². The summed E-state index contributed by atoms with van der Waals surface area (Å²) in [5.74, 6) is -0.861. The van der Waals surface area contributed by atoms with Crippen molar-refractivity contribution in [2.75, 3.05) is 24.3 Å². The molecule has 0 aliphatic rings. The van der Waals surface area contributed by atoms with Gasteiger partial charge in [-0.1, -0.05) is 18.5 Å². The minimum Gasteiger partial charge on any atom is -0.480 e. The first-order valence-electron chi connectivity index (χ1n) is 5.42. The van der Waals surface area contributed by atoms with E-state index in [0.717, 1.165) is 11.4 Å². The van der Waals surface area contributed by atoms with Gasteiger partial charge in [0.25, 0.3) is 0 Å². The Morgan fingerprint density at radius 2 is 2.18 bits per heavy atom. The Bertz CT molecular complexity index is 407. The summed E-state index contributed by atoms with van der Waals surface area (Å²) < 4.78 is 0. The Labute approximate surface area is 106 Å². The summed E-state index contributed by atoms with van der Waals surface area (Å²) in [5, 5.41) is 12.5. The van der Waals surface area contributed by atoms with Gasteiger partial charge in [-0.3, -0.25) is 0 Å². The van der Waals surface area contributed by atoms with Crippen molar-refractivity contribution in [3.05, 3.63) is 23.2 Å². The van der Waals surface area contributed by atoms with Crippen LogP contribution in [0.15, 0.2) is 18.2 Å². The highest BCUT2D eigenvalue weighted by molar-refractivity contribution is 6.33. The van der Waals surface area contributed by atoms with Gasteiger partial charge in [0.1, 0.15) is 6.04 Å². The van der Waals surface area contributed by atoms with Crippen molar-refractivity contribution in [1.82, 2.24) is 0 Å². The van der Waals surface area contributed by atoms with E-state index in [1.807, 2.05) is 38.1 Å². The first-order valence-corrected chi connectivity index (χ1v) is 5.79. The van der Waals surface area contributed by atoms with Crippen molar-refractivity contribution in [2.24, 2.45) is 0 Å². The van der Waals surface area contributed by atoms with Gasteiger partial charge >= 0.3 is 5.97 Å². The topological polar surface area (TPSA) is 52.6 Å². The summed E-state index contributed by atoms with van der Waals surface area (Å²) in [6.45, 7) is 1.82. The number of hydrogen-bond acceptors (Lipinski definition) is 3. The van der Waals surface area contributed by atoms with E-state index < -0.39 is 12.0 Å². The molecule has 0 bridgehead atoms. The second kappa shape index (κ2) is 5.77. The molecule has 0 aromatic heterocycles. The molecule has 0 aliphatic heterocycles. The Hall–Kier alpha value is -1.42. The fourth-order valence-corrected chi connectivity index (χ4v) is 1.85. The predicted molar refractivity (Wildman–Crippen MR) is 71.1 cm³/mol. The molecular weight excluding hydrogens is 240 g/mol. The number of carbonyl (C=O) groups is 1. The van der Waals surface area contributed by atoms with Crippen LogP contribution >= 0.6 is 11.6 Å². The summed E-state index contributed by atoms with van der Waals surface area (Å²) in [6.07, 6.45) is 0.516. The van der Waals surface area contributed by atoms with E-state index in [9.17, 15) is 4.79 Å². The van der Waals surface area contributed by atoms with Crippen LogP contribution in [0.25, 0.3) is 0 Å². The van der Waals surface area contributed by atoms with Crippen molar-refractivity contribution in [1.29, 1.82) is 0 Å². The van der Waals surface area contributed by atoms with E-state index in [1.165, 1.54) is 0 Å². The molecule has 0 fully saturated rings. The van der Waals surface area contributed by atoms with E-state index in [1.54, 1.807) is 6.07 Å². The maximum atomic E-state index is 10.9. The third kappa shape index (κ3) is 3.53. The quantitative estimate of drug-likeness (QED) is 0.851. The zero-order valence-electron chi connectivity index (χ0n) is 10.2. The average Bonchev–Trinajstić information content (AvgIpc) is 2.24. The van der Waals surface area contributed by atoms with Crippen LogP contribution in [0.3, 0.4) is 0 Å². The van der Waals surface area contributed by atoms with E-state index in [0.29, 0.717) is 11.4 Å². The normalized spacial score (nSPS) is 12.0. The lowest BCUT2D eigenvalue weighted by molar-refractivity contribution is -0.137. The molecule has 5 heteroatoms. The van der Waals surface area contributed by atoms with E-state index in [-0.39, 0.29) is 0 Å². The zero-order chi connectivity index (χ0) is 13.0. The van der Waals surface area contributed by atoms with Crippen molar-refractivity contribution in [2.45, 2.75) is 19.4 Å². The van der Waals surface area contributed by atoms with Gasteiger partial charge in [-0.2, -0.15) is 0 Å². The predicted octanol–water partition coefficient (Wildman–Crippen LogP) is 2.68. The number of hydrogen-bond donors (Lipinski definition) is 2. The summed E-state index contributed by atoms with van der Waals surface area (Å²) in [6, 6.07) is 4.84.